The number of nitrogens with one attached hydrogen (secondary N) is 1. The molecule has 0 saturated carbocycles. The molecule has 1 fully saturated rings. The number of anilines is 1. The lowest BCUT2D eigenvalue weighted by Crippen LogP contribution is -2.41. The Morgan fingerprint density at radius 2 is 2.24 bits per heavy atom. The summed E-state index contributed by atoms with van der Waals surface area (Å²) >= 11 is 5.18. The van der Waals surface area contributed by atoms with Gasteiger partial charge in [-0.15, -0.1) is 0 Å². The van der Waals surface area contributed by atoms with Gasteiger partial charge in [-0.1, -0.05) is 30.4 Å². The van der Waals surface area contributed by atoms with Crippen molar-refractivity contribution in [3.05, 3.63) is 35.9 Å². The number of rotatable bonds is 3. The zero-order valence-corrected chi connectivity index (χ0v) is 13.0. The van der Waals surface area contributed by atoms with Crippen molar-refractivity contribution in [3.63, 3.8) is 0 Å². The summed E-state index contributed by atoms with van der Waals surface area (Å²) in [4.78, 5) is 5.07. The van der Waals surface area contributed by atoms with Gasteiger partial charge in [0.05, 0.1) is 17.2 Å². The first-order valence-electron chi connectivity index (χ1n) is 7.09. The normalized spacial score (nSPS) is 25.1. The van der Waals surface area contributed by atoms with E-state index in [1.165, 1.54) is 0 Å². The second kappa shape index (κ2) is 5.24. The van der Waals surface area contributed by atoms with Crippen LogP contribution in [-0.4, -0.2) is 28.2 Å². The number of hydrogen-bond donors (Lipinski definition) is 2. The van der Waals surface area contributed by atoms with Gasteiger partial charge in [0, 0.05) is 17.6 Å². The predicted octanol–water partition coefficient (Wildman–Crippen LogP) is 2.85. The lowest BCUT2D eigenvalue weighted by Gasteiger charge is -2.29. The summed E-state index contributed by atoms with van der Waals surface area (Å²) in [6.07, 6.45) is 1.09. The van der Waals surface area contributed by atoms with E-state index >= 15 is 0 Å². The molecule has 2 unspecified atom stereocenters. The van der Waals surface area contributed by atoms with Crippen molar-refractivity contribution >= 4 is 33.9 Å². The van der Waals surface area contributed by atoms with Crippen molar-refractivity contribution in [2.75, 3.05) is 11.9 Å². The Balaban J connectivity index is 2.05. The number of aromatic nitrogens is 1. The molecular weight excluding hydrogens is 282 g/mol. The summed E-state index contributed by atoms with van der Waals surface area (Å²) in [6, 6.07) is 9.82. The lowest BCUT2D eigenvalue weighted by molar-refractivity contribution is 0.105. The number of nitrogens with zero attached hydrogens (tertiary/aromatic N) is 1. The highest BCUT2D eigenvalue weighted by Crippen LogP contribution is 2.30. The Morgan fingerprint density at radius 3 is 2.90 bits per heavy atom. The number of hydrogen-bond acceptors (Lipinski definition) is 4. The second-order valence-electron chi connectivity index (χ2n) is 5.74. The van der Waals surface area contributed by atoms with E-state index in [2.05, 4.69) is 24.1 Å². The molecule has 5 heteroatoms. The molecule has 3 rings (SSSR count). The van der Waals surface area contributed by atoms with Gasteiger partial charge in [-0.25, -0.2) is 4.98 Å². The third kappa shape index (κ3) is 2.59. The number of para-hydroxylation sites is 1. The molecule has 2 atom stereocenters. The van der Waals surface area contributed by atoms with Crippen LogP contribution in [0.15, 0.2) is 30.3 Å². The first-order valence-corrected chi connectivity index (χ1v) is 7.50. The van der Waals surface area contributed by atoms with Gasteiger partial charge >= 0.3 is 0 Å². The van der Waals surface area contributed by atoms with Crippen LogP contribution in [-0.2, 0) is 4.74 Å². The summed E-state index contributed by atoms with van der Waals surface area (Å²) in [6.45, 7) is 5.00. The molecule has 110 valence electrons. The molecule has 1 saturated heterocycles. The van der Waals surface area contributed by atoms with Gasteiger partial charge in [0.1, 0.15) is 10.8 Å². The van der Waals surface area contributed by atoms with Crippen LogP contribution in [0.5, 0.6) is 0 Å². The monoisotopic (exact) mass is 301 g/mol. The zero-order chi connectivity index (χ0) is 15.0. The molecule has 1 aromatic heterocycles. The summed E-state index contributed by atoms with van der Waals surface area (Å²) in [5.41, 5.74) is 7.49. The minimum atomic E-state index is -0.122. The average molecular weight is 301 g/mol. The Bertz CT molecular complexity index is 703. The first kappa shape index (κ1) is 14.2. The van der Waals surface area contributed by atoms with E-state index in [1.54, 1.807) is 0 Å². The van der Waals surface area contributed by atoms with Gasteiger partial charge in [0.2, 0.25) is 0 Å². The minimum absolute atomic E-state index is 0.122. The largest absolute Gasteiger partial charge is 0.389 e. The highest BCUT2D eigenvalue weighted by atomic mass is 32.1. The number of pyridine rings is 1. The topological polar surface area (TPSA) is 60.2 Å². The van der Waals surface area contributed by atoms with E-state index in [4.69, 9.17) is 22.7 Å². The van der Waals surface area contributed by atoms with Gasteiger partial charge in [0.15, 0.2) is 0 Å². The maximum atomic E-state index is 5.87. The van der Waals surface area contributed by atoms with Crippen molar-refractivity contribution in [1.29, 1.82) is 0 Å². The van der Waals surface area contributed by atoms with E-state index in [0.29, 0.717) is 4.99 Å². The number of benzene rings is 1. The Hall–Kier alpha value is -1.72. The van der Waals surface area contributed by atoms with Gasteiger partial charge in [-0.3, -0.25) is 0 Å². The summed E-state index contributed by atoms with van der Waals surface area (Å²) in [5, 5.41) is 4.49. The summed E-state index contributed by atoms with van der Waals surface area (Å²) in [7, 11) is 0. The molecule has 3 N–H and O–H groups in total. The van der Waals surface area contributed by atoms with Crippen LogP contribution < -0.4 is 11.1 Å². The average Bonchev–Trinajstić information content (AvgIpc) is 2.77. The fraction of sp³-hybridized carbons (Fsp3) is 0.375. The maximum absolute atomic E-state index is 5.87. The van der Waals surface area contributed by atoms with Crippen molar-refractivity contribution in [2.24, 2.45) is 5.73 Å². The second-order valence-corrected chi connectivity index (χ2v) is 6.18. The first-order chi connectivity index (χ1) is 9.99. The van der Waals surface area contributed by atoms with Crippen molar-refractivity contribution in [3.8, 4) is 0 Å². The molecule has 0 bridgehead atoms. The number of fused-ring (bicyclic) bond motifs is 1. The van der Waals surface area contributed by atoms with E-state index < -0.39 is 0 Å². The molecule has 0 amide bonds. The third-order valence-corrected chi connectivity index (χ3v) is 4.50. The fourth-order valence-corrected chi connectivity index (χ4v) is 2.90. The maximum Gasteiger partial charge on any atom is 0.127 e. The van der Waals surface area contributed by atoms with E-state index in [9.17, 15) is 0 Å². The van der Waals surface area contributed by atoms with Crippen LogP contribution >= 0.6 is 12.2 Å². The van der Waals surface area contributed by atoms with Crippen molar-refractivity contribution < 1.29 is 4.74 Å². The SMILES string of the molecule is CC1OCCC1(C)Nc1cc(C(N)=S)c2ccccc2n1. The van der Waals surface area contributed by atoms with Gasteiger partial charge in [0.25, 0.3) is 0 Å². The third-order valence-electron chi connectivity index (χ3n) is 4.28. The molecule has 0 aliphatic carbocycles. The highest BCUT2D eigenvalue weighted by molar-refractivity contribution is 7.80. The fourth-order valence-electron chi connectivity index (χ4n) is 2.73. The lowest BCUT2D eigenvalue weighted by atomic mass is 9.94. The quantitative estimate of drug-likeness (QED) is 0.854. The predicted molar refractivity (Wildman–Crippen MR) is 89.7 cm³/mol. The Morgan fingerprint density at radius 1 is 1.48 bits per heavy atom. The van der Waals surface area contributed by atoms with Crippen LogP contribution in [0.1, 0.15) is 25.8 Å². The molecule has 1 aromatic carbocycles. The molecule has 0 radical (unpaired) electrons. The standard InChI is InChI=1S/C16H19N3OS/c1-10-16(2,7-8-20-10)19-14-9-12(15(17)21)11-5-3-4-6-13(11)18-14/h3-6,9-10H,7-8H2,1-2H3,(H2,17,21)(H,18,19). The molecule has 4 nitrogen and oxygen atoms in total. The van der Waals surface area contributed by atoms with Crippen LogP contribution in [0, 0.1) is 0 Å². The van der Waals surface area contributed by atoms with E-state index in [-0.39, 0.29) is 11.6 Å². The van der Waals surface area contributed by atoms with Crippen molar-refractivity contribution in [2.45, 2.75) is 31.9 Å². The molecule has 0 spiro atoms. The highest BCUT2D eigenvalue weighted by Gasteiger charge is 2.37. The van der Waals surface area contributed by atoms with Crippen LogP contribution in [0.3, 0.4) is 0 Å². The number of ether oxygens (including phenoxy) is 1. The summed E-state index contributed by atoms with van der Waals surface area (Å²) < 4.78 is 5.67. The van der Waals surface area contributed by atoms with Gasteiger partial charge < -0.3 is 15.8 Å². The van der Waals surface area contributed by atoms with Gasteiger partial charge in [-0.05, 0) is 32.4 Å². The minimum Gasteiger partial charge on any atom is -0.389 e. The van der Waals surface area contributed by atoms with Crippen LogP contribution in [0.4, 0.5) is 5.82 Å². The smallest absolute Gasteiger partial charge is 0.127 e. The summed E-state index contributed by atoms with van der Waals surface area (Å²) in [5.74, 6) is 0.788. The Labute approximate surface area is 129 Å². The molecule has 1 aliphatic rings. The molecule has 2 heterocycles. The number of thiocarbonyl (C=S) groups is 1. The molecule has 21 heavy (non-hydrogen) atoms. The van der Waals surface area contributed by atoms with Gasteiger partial charge in [-0.2, -0.15) is 0 Å². The number of nitrogens with two attached hydrogens (primary N) is 1. The Kier molecular flexibility index (Phi) is 3.55. The molecule has 1 aliphatic heterocycles. The molecule has 2 aromatic rings. The zero-order valence-electron chi connectivity index (χ0n) is 12.2. The van der Waals surface area contributed by atoms with E-state index in [1.807, 2.05) is 30.3 Å². The van der Waals surface area contributed by atoms with Crippen LogP contribution in [0.2, 0.25) is 0 Å². The molecular formula is C16H19N3OS. The van der Waals surface area contributed by atoms with E-state index in [0.717, 1.165) is 35.3 Å². The van der Waals surface area contributed by atoms with Crippen molar-refractivity contribution in [1.82, 2.24) is 4.98 Å². The van der Waals surface area contributed by atoms with Crippen LogP contribution in [0.25, 0.3) is 10.9 Å².